The Kier molecular flexibility index (Phi) is 2.25. The molecule has 0 radical (unpaired) electrons. The van der Waals surface area contributed by atoms with Crippen molar-refractivity contribution in [3.8, 4) is 0 Å². The van der Waals surface area contributed by atoms with Crippen molar-refractivity contribution in [2.75, 3.05) is 13.6 Å². The van der Waals surface area contributed by atoms with E-state index in [2.05, 4.69) is 4.99 Å². The molecule has 72 valence electrons. The minimum absolute atomic E-state index is 0.0231. The van der Waals surface area contributed by atoms with E-state index in [-0.39, 0.29) is 12.5 Å². The van der Waals surface area contributed by atoms with Crippen LogP contribution in [0.3, 0.4) is 0 Å². The van der Waals surface area contributed by atoms with Gasteiger partial charge in [-0.3, -0.25) is 14.7 Å². The maximum atomic E-state index is 11.2. The van der Waals surface area contributed by atoms with E-state index in [0.717, 1.165) is 5.56 Å². The van der Waals surface area contributed by atoms with E-state index in [9.17, 15) is 4.79 Å². The molecular formula is C10H9ClN2O. The summed E-state index contributed by atoms with van der Waals surface area (Å²) < 4.78 is 0. The highest BCUT2D eigenvalue weighted by Crippen LogP contribution is 2.14. The zero-order valence-electron chi connectivity index (χ0n) is 7.70. The Morgan fingerprint density at radius 3 is 2.50 bits per heavy atom. The fraction of sp³-hybridized carbons (Fsp3) is 0.200. The fourth-order valence-corrected chi connectivity index (χ4v) is 1.48. The van der Waals surface area contributed by atoms with E-state index >= 15 is 0 Å². The lowest BCUT2D eigenvalue weighted by atomic mass is 10.2. The number of benzene rings is 1. The number of likely N-dealkylation sites (N-methyl/N-ethyl adjacent to an activating group) is 1. The van der Waals surface area contributed by atoms with Gasteiger partial charge in [-0.05, 0) is 24.3 Å². The van der Waals surface area contributed by atoms with Crippen molar-refractivity contribution in [1.82, 2.24) is 4.90 Å². The van der Waals surface area contributed by atoms with Crippen molar-refractivity contribution in [3.63, 3.8) is 0 Å². The molecule has 0 fully saturated rings. The average molecular weight is 209 g/mol. The van der Waals surface area contributed by atoms with Crippen LogP contribution in [0, 0.1) is 0 Å². The minimum atomic E-state index is 0.0231. The molecule has 0 unspecified atom stereocenters. The van der Waals surface area contributed by atoms with Crippen LogP contribution >= 0.6 is 11.6 Å². The van der Waals surface area contributed by atoms with Crippen LogP contribution in [0.15, 0.2) is 29.3 Å². The van der Waals surface area contributed by atoms with Crippen molar-refractivity contribution >= 4 is 23.3 Å². The van der Waals surface area contributed by atoms with Gasteiger partial charge in [-0.15, -0.1) is 0 Å². The molecule has 1 aromatic rings. The number of hydrogen-bond acceptors (Lipinski definition) is 2. The number of halogens is 1. The molecule has 14 heavy (non-hydrogen) atoms. The fourth-order valence-electron chi connectivity index (χ4n) is 1.36. The van der Waals surface area contributed by atoms with Gasteiger partial charge in [0.15, 0.2) is 0 Å². The van der Waals surface area contributed by atoms with Crippen molar-refractivity contribution in [2.45, 2.75) is 0 Å². The van der Waals surface area contributed by atoms with Crippen molar-refractivity contribution in [2.24, 2.45) is 4.99 Å². The third-order valence-electron chi connectivity index (χ3n) is 2.16. The van der Waals surface area contributed by atoms with E-state index in [1.807, 2.05) is 12.1 Å². The number of nitrogens with zero attached hydrogens (tertiary/aromatic N) is 2. The van der Waals surface area contributed by atoms with E-state index in [1.54, 1.807) is 24.1 Å². The largest absolute Gasteiger partial charge is 0.298 e. The molecule has 4 heteroatoms. The third-order valence-corrected chi connectivity index (χ3v) is 2.41. The van der Waals surface area contributed by atoms with Crippen LogP contribution in [0.25, 0.3) is 0 Å². The molecule has 0 saturated heterocycles. The number of carbonyl (C=O) groups is 1. The van der Waals surface area contributed by atoms with Gasteiger partial charge in [-0.1, -0.05) is 11.6 Å². The van der Waals surface area contributed by atoms with Crippen LogP contribution in [0.2, 0.25) is 5.02 Å². The maximum absolute atomic E-state index is 11.2. The molecule has 0 bridgehead atoms. The maximum Gasteiger partial charge on any atom is 0.249 e. The van der Waals surface area contributed by atoms with Gasteiger partial charge < -0.3 is 0 Å². The summed E-state index contributed by atoms with van der Waals surface area (Å²) in [6, 6.07) is 7.29. The van der Waals surface area contributed by atoms with E-state index in [0.29, 0.717) is 10.9 Å². The second-order valence-corrected chi connectivity index (χ2v) is 3.54. The smallest absolute Gasteiger partial charge is 0.249 e. The standard InChI is InChI=1S/C10H9ClN2O/c1-13-9(14)6-12-10(13)7-2-4-8(11)5-3-7/h2-5H,6H2,1H3. The van der Waals surface area contributed by atoms with Crippen LogP contribution in [0.1, 0.15) is 5.56 Å². The van der Waals surface area contributed by atoms with E-state index in [1.165, 1.54) is 0 Å². The molecule has 1 aliphatic rings. The summed E-state index contributed by atoms with van der Waals surface area (Å²) >= 11 is 5.76. The first-order chi connectivity index (χ1) is 6.68. The highest BCUT2D eigenvalue weighted by molar-refractivity contribution is 6.30. The monoisotopic (exact) mass is 208 g/mol. The van der Waals surface area contributed by atoms with Gasteiger partial charge in [-0.2, -0.15) is 0 Å². The zero-order valence-corrected chi connectivity index (χ0v) is 8.45. The lowest BCUT2D eigenvalue weighted by Gasteiger charge is -2.11. The summed E-state index contributed by atoms with van der Waals surface area (Å²) in [5.74, 6) is 0.738. The third kappa shape index (κ3) is 1.51. The second-order valence-electron chi connectivity index (χ2n) is 3.10. The zero-order chi connectivity index (χ0) is 10.1. The quantitative estimate of drug-likeness (QED) is 0.690. The first-order valence-electron chi connectivity index (χ1n) is 4.25. The topological polar surface area (TPSA) is 32.7 Å². The molecule has 0 atom stereocenters. The Morgan fingerprint density at radius 1 is 1.36 bits per heavy atom. The van der Waals surface area contributed by atoms with Crippen molar-refractivity contribution in [1.29, 1.82) is 0 Å². The Bertz CT molecular complexity index is 397. The van der Waals surface area contributed by atoms with Gasteiger partial charge in [0.1, 0.15) is 12.4 Å². The van der Waals surface area contributed by atoms with Gasteiger partial charge >= 0.3 is 0 Å². The van der Waals surface area contributed by atoms with Crippen LogP contribution < -0.4 is 0 Å². The number of hydrogen-bond donors (Lipinski definition) is 0. The van der Waals surface area contributed by atoms with Gasteiger partial charge in [0, 0.05) is 17.6 Å². The second kappa shape index (κ2) is 3.42. The first-order valence-corrected chi connectivity index (χ1v) is 4.63. The average Bonchev–Trinajstić information content (AvgIpc) is 2.50. The van der Waals surface area contributed by atoms with E-state index in [4.69, 9.17) is 11.6 Å². The summed E-state index contributed by atoms with van der Waals surface area (Å²) in [5, 5.41) is 0.682. The molecule has 1 aliphatic heterocycles. The molecule has 3 nitrogen and oxygen atoms in total. The summed E-state index contributed by atoms with van der Waals surface area (Å²) in [5.41, 5.74) is 0.919. The molecule has 0 N–H and O–H groups in total. The lowest BCUT2D eigenvalue weighted by molar-refractivity contribution is -0.123. The predicted molar refractivity (Wildman–Crippen MR) is 55.6 cm³/mol. The Balaban J connectivity index is 2.33. The summed E-state index contributed by atoms with van der Waals surface area (Å²) in [6.45, 7) is 0.245. The number of aliphatic imine (C=N–C) groups is 1. The molecule has 0 aromatic heterocycles. The molecule has 1 heterocycles. The first kappa shape index (κ1) is 9.21. The lowest BCUT2D eigenvalue weighted by Crippen LogP contribution is -2.28. The van der Waals surface area contributed by atoms with E-state index < -0.39 is 0 Å². The number of amidine groups is 1. The van der Waals surface area contributed by atoms with Gasteiger partial charge in [0.25, 0.3) is 0 Å². The van der Waals surface area contributed by atoms with Gasteiger partial charge in [0.2, 0.25) is 5.91 Å². The molecule has 0 aliphatic carbocycles. The number of rotatable bonds is 1. The molecule has 0 spiro atoms. The van der Waals surface area contributed by atoms with Crippen LogP contribution in [0.4, 0.5) is 0 Å². The summed E-state index contributed by atoms with van der Waals surface area (Å²) in [7, 11) is 1.72. The summed E-state index contributed by atoms with van der Waals surface area (Å²) in [4.78, 5) is 16.9. The van der Waals surface area contributed by atoms with Crippen LogP contribution in [-0.4, -0.2) is 30.2 Å². The predicted octanol–water partition coefficient (Wildman–Crippen LogP) is 1.56. The highest BCUT2D eigenvalue weighted by atomic mass is 35.5. The highest BCUT2D eigenvalue weighted by Gasteiger charge is 2.21. The van der Waals surface area contributed by atoms with Crippen molar-refractivity contribution in [3.05, 3.63) is 34.9 Å². The molecule has 2 rings (SSSR count). The Hall–Kier alpha value is -1.35. The van der Waals surface area contributed by atoms with Crippen LogP contribution in [0.5, 0.6) is 0 Å². The Morgan fingerprint density at radius 2 is 2.00 bits per heavy atom. The van der Waals surface area contributed by atoms with Gasteiger partial charge in [0.05, 0.1) is 0 Å². The normalized spacial score (nSPS) is 16.0. The minimum Gasteiger partial charge on any atom is -0.298 e. The summed E-state index contributed by atoms with van der Waals surface area (Å²) in [6.07, 6.45) is 0. The van der Waals surface area contributed by atoms with Crippen molar-refractivity contribution < 1.29 is 4.79 Å². The number of amides is 1. The molecule has 0 saturated carbocycles. The van der Waals surface area contributed by atoms with Gasteiger partial charge in [-0.25, -0.2) is 0 Å². The number of carbonyl (C=O) groups excluding carboxylic acids is 1. The molecule has 1 aromatic carbocycles. The molecule has 1 amide bonds. The van der Waals surface area contributed by atoms with Crippen LogP contribution in [-0.2, 0) is 4.79 Å². The SMILES string of the molecule is CN1C(=O)CN=C1c1ccc(Cl)cc1. The molecular weight excluding hydrogens is 200 g/mol. The Labute approximate surface area is 87.0 Å².